The van der Waals surface area contributed by atoms with Crippen molar-refractivity contribution in [3.63, 3.8) is 0 Å². The minimum atomic E-state index is -3.58. The Balaban J connectivity index is 1.55. The Kier molecular flexibility index (Phi) is 6.14. The predicted molar refractivity (Wildman–Crippen MR) is 134 cm³/mol. The van der Waals surface area contributed by atoms with E-state index in [0.29, 0.717) is 5.69 Å². The summed E-state index contributed by atoms with van der Waals surface area (Å²) in [6, 6.07) is 20.1. The first-order valence-electron chi connectivity index (χ1n) is 10.8. The number of carbonyl (C=O) groups excluding carboxylic acids is 1. The van der Waals surface area contributed by atoms with Crippen molar-refractivity contribution < 1.29 is 13.2 Å². The zero-order chi connectivity index (χ0) is 23.8. The number of fused-ring (bicyclic) bond motifs is 3. The van der Waals surface area contributed by atoms with Crippen molar-refractivity contribution in [3.8, 4) is 0 Å². The van der Waals surface area contributed by atoms with Gasteiger partial charge in [-0.25, -0.2) is 12.7 Å². The van der Waals surface area contributed by atoms with Crippen LogP contribution in [0.5, 0.6) is 0 Å². The number of para-hydroxylation sites is 1. The average molecular weight is 465 g/mol. The molecule has 0 aliphatic carbocycles. The van der Waals surface area contributed by atoms with Gasteiger partial charge in [-0.2, -0.15) is 0 Å². The van der Waals surface area contributed by atoms with E-state index < -0.39 is 16.1 Å². The van der Waals surface area contributed by atoms with E-state index in [0.717, 1.165) is 27.4 Å². The lowest BCUT2D eigenvalue weighted by Gasteiger charge is -2.17. The minimum Gasteiger partial charge on any atom is -0.374 e. The number of carbonyl (C=O) groups is 1. The number of benzene rings is 3. The van der Waals surface area contributed by atoms with E-state index in [9.17, 15) is 13.2 Å². The van der Waals surface area contributed by atoms with Crippen LogP contribution in [-0.4, -0.2) is 43.3 Å². The van der Waals surface area contributed by atoms with E-state index in [2.05, 4.69) is 46.4 Å². The Morgan fingerprint density at radius 3 is 2.39 bits per heavy atom. The van der Waals surface area contributed by atoms with Gasteiger partial charge in [0.15, 0.2) is 0 Å². The molecule has 2 N–H and O–H groups in total. The van der Waals surface area contributed by atoms with E-state index >= 15 is 0 Å². The van der Waals surface area contributed by atoms with Gasteiger partial charge in [0.1, 0.15) is 6.04 Å². The molecule has 172 valence electrons. The minimum absolute atomic E-state index is 0.128. The zero-order valence-electron chi connectivity index (χ0n) is 19.2. The van der Waals surface area contributed by atoms with Gasteiger partial charge >= 0.3 is 0 Å². The molecular weight excluding hydrogens is 436 g/mol. The van der Waals surface area contributed by atoms with Crippen LogP contribution in [0.3, 0.4) is 0 Å². The summed E-state index contributed by atoms with van der Waals surface area (Å²) in [5, 5.41) is 8.37. The molecule has 8 heteroatoms. The first-order chi connectivity index (χ1) is 15.7. The highest BCUT2D eigenvalue weighted by molar-refractivity contribution is 7.89. The van der Waals surface area contributed by atoms with Gasteiger partial charge in [-0.1, -0.05) is 24.3 Å². The van der Waals surface area contributed by atoms with Crippen LogP contribution in [0.1, 0.15) is 13.8 Å². The quantitative estimate of drug-likeness (QED) is 0.422. The summed E-state index contributed by atoms with van der Waals surface area (Å²) < 4.78 is 28.2. The van der Waals surface area contributed by atoms with Crippen LogP contribution in [0, 0.1) is 0 Å². The van der Waals surface area contributed by atoms with Gasteiger partial charge < -0.3 is 15.2 Å². The predicted octanol–water partition coefficient (Wildman–Crippen LogP) is 4.50. The number of aryl methyl sites for hydroxylation is 1. The number of hydrogen-bond acceptors (Lipinski definition) is 4. The average Bonchev–Trinajstić information content (AvgIpc) is 3.12. The number of hydrogen-bond donors (Lipinski definition) is 2. The first-order valence-corrected chi connectivity index (χ1v) is 12.3. The lowest BCUT2D eigenvalue weighted by molar-refractivity contribution is -0.116. The second-order valence-corrected chi connectivity index (χ2v) is 10.3. The fraction of sp³-hybridized carbons (Fsp3) is 0.240. The van der Waals surface area contributed by atoms with Gasteiger partial charge in [-0.15, -0.1) is 0 Å². The molecule has 4 rings (SSSR count). The highest BCUT2D eigenvalue weighted by atomic mass is 32.2. The normalized spacial score (nSPS) is 12.9. The molecule has 0 saturated heterocycles. The Hall–Kier alpha value is -3.36. The Labute approximate surface area is 194 Å². The summed E-state index contributed by atoms with van der Waals surface area (Å²) >= 11 is 0. The molecule has 1 atom stereocenters. The molecule has 0 saturated carbocycles. The number of nitrogens with one attached hydrogen (secondary N) is 2. The number of anilines is 2. The summed E-state index contributed by atoms with van der Waals surface area (Å²) in [5.74, 6) is -0.259. The smallest absolute Gasteiger partial charge is 0.246 e. The van der Waals surface area contributed by atoms with Gasteiger partial charge in [0.25, 0.3) is 0 Å². The van der Waals surface area contributed by atoms with Crippen molar-refractivity contribution in [3.05, 3.63) is 66.7 Å². The molecule has 0 spiro atoms. The Morgan fingerprint density at radius 2 is 1.67 bits per heavy atom. The third kappa shape index (κ3) is 4.31. The van der Waals surface area contributed by atoms with Crippen LogP contribution in [0.4, 0.5) is 11.4 Å². The molecule has 0 fully saturated rings. The van der Waals surface area contributed by atoms with Crippen LogP contribution in [-0.2, 0) is 21.4 Å². The van der Waals surface area contributed by atoms with E-state index in [4.69, 9.17) is 0 Å². The number of nitrogens with zero attached hydrogens (tertiary/aromatic N) is 2. The number of rotatable bonds is 7. The van der Waals surface area contributed by atoms with Crippen molar-refractivity contribution in [1.82, 2.24) is 8.87 Å². The summed E-state index contributed by atoms with van der Waals surface area (Å²) in [5.41, 5.74) is 3.61. The summed E-state index contributed by atoms with van der Waals surface area (Å²) in [4.78, 5) is 12.9. The Morgan fingerprint density at radius 1 is 0.939 bits per heavy atom. The maximum atomic E-state index is 12.8. The largest absolute Gasteiger partial charge is 0.374 e. The van der Waals surface area contributed by atoms with Crippen LogP contribution < -0.4 is 10.6 Å². The van der Waals surface area contributed by atoms with Crippen molar-refractivity contribution in [2.45, 2.75) is 31.3 Å². The highest BCUT2D eigenvalue weighted by Gasteiger charge is 2.19. The topological polar surface area (TPSA) is 83.4 Å². The molecule has 1 heterocycles. The van der Waals surface area contributed by atoms with Crippen molar-refractivity contribution >= 4 is 49.1 Å². The molecule has 0 bridgehead atoms. The molecule has 33 heavy (non-hydrogen) atoms. The molecule has 0 aliphatic heterocycles. The molecule has 1 amide bonds. The third-order valence-electron chi connectivity index (χ3n) is 5.75. The molecule has 1 aromatic heterocycles. The summed E-state index contributed by atoms with van der Waals surface area (Å²) in [6.07, 6.45) is 0. The van der Waals surface area contributed by atoms with Gasteiger partial charge in [0, 0.05) is 53.8 Å². The van der Waals surface area contributed by atoms with Gasteiger partial charge in [0.2, 0.25) is 15.9 Å². The molecule has 3 aromatic carbocycles. The van der Waals surface area contributed by atoms with Crippen LogP contribution >= 0.6 is 0 Å². The van der Waals surface area contributed by atoms with Crippen LogP contribution in [0.15, 0.2) is 71.6 Å². The molecule has 7 nitrogen and oxygen atoms in total. The van der Waals surface area contributed by atoms with Crippen LogP contribution in [0.25, 0.3) is 21.8 Å². The van der Waals surface area contributed by atoms with E-state index in [-0.39, 0.29) is 10.8 Å². The fourth-order valence-corrected chi connectivity index (χ4v) is 4.94. The maximum absolute atomic E-state index is 12.8. The van der Waals surface area contributed by atoms with E-state index in [1.165, 1.54) is 37.1 Å². The zero-order valence-corrected chi connectivity index (χ0v) is 20.0. The molecular formula is C25H28N4O3S. The van der Waals surface area contributed by atoms with E-state index in [1.807, 2.05) is 18.2 Å². The van der Waals surface area contributed by atoms with Gasteiger partial charge in [-0.05, 0) is 56.3 Å². The number of sulfonamides is 1. The molecule has 4 aromatic rings. The van der Waals surface area contributed by atoms with Crippen molar-refractivity contribution in [1.29, 1.82) is 0 Å². The lowest BCUT2D eigenvalue weighted by Crippen LogP contribution is -2.32. The number of amides is 1. The Bertz CT molecular complexity index is 1440. The summed E-state index contributed by atoms with van der Waals surface area (Å²) in [7, 11) is -0.632. The van der Waals surface area contributed by atoms with Gasteiger partial charge in [-0.3, -0.25) is 4.79 Å². The second kappa shape index (κ2) is 8.88. The van der Waals surface area contributed by atoms with Crippen molar-refractivity contribution in [2.75, 3.05) is 24.7 Å². The number of aromatic nitrogens is 1. The van der Waals surface area contributed by atoms with Crippen LogP contribution in [0.2, 0.25) is 0 Å². The fourth-order valence-electron chi connectivity index (χ4n) is 4.00. The van der Waals surface area contributed by atoms with Gasteiger partial charge in [0.05, 0.1) is 4.90 Å². The lowest BCUT2D eigenvalue weighted by atomic mass is 10.1. The third-order valence-corrected chi connectivity index (χ3v) is 7.56. The van der Waals surface area contributed by atoms with Crippen molar-refractivity contribution in [2.24, 2.45) is 0 Å². The SMILES string of the molecule is CCn1c2ccccc2c2cc(NC(C)C(=O)Nc3cccc(S(=O)(=O)N(C)C)c3)ccc21. The molecule has 0 radical (unpaired) electrons. The molecule has 1 unspecified atom stereocenters. The first kappa shape index (κ1) is 22.8. The maximum Gasteiger partial charge on any atom is 0.246 e. The monoisotopic (exact) mass is 464 g/mol. The highest BCUT2D eigenvalue weighted by Crippen LogP contribution is 2.31. The summed E-state index contributed by atoms with van der Waals surface area (Å²) in [6.45, 7) is 4.77. The molecule has 0 aliphatic rings. The standard InChI is InChI=1S/C25H28N4O3S/c1-5-29-23-12-7-6-11-21(23)22-16-19(13-14-24(22)29)26-17(2)25(30)27-18-9-8-10-20(15-18)33(31,32)28(3)4/h6-17,26H,5H2,1-4H3,(H,27,30). The second-order valence-electron chi connectivity index (χ2n) is 8.16. The van der Waals surface area contributed by atoms with E-state index in [1.54, 1.807) is 19.1 Å².